The van der Waals surface area contributed by atoms with E-state index in [0.717, 1.165) is 0 Å². The first-order chi connectivity index (χ1) is 5.63. The molecule has 0 aromatic carbocycles. The Bertz CT molecular complexity index is 412. The number of benzene rings is 1. The zero-order valence-electron chi connectivity index (χ0n) is 5.68. The highest BCUT2D eigenvalue weighted by molar-refractivity contribution is 6.05. The number of nitrogens with zero attached hydrogens (tertiary/aromatic N) is 2. The molecule has 0 aliphatic heterocycles. The van der Waals surface area contributed by atoms with Crippen LogP contribution in [-0.4, -0.2) is 9.85 Å². The Labute approximate surface area is 65.7 Å². The fourth-order valence-corrected chi connectivity index (χ4v) is 1.20. The summed E-state index contributed by atoms with van der Waals surface area (Å²) in [6, 6.07) is 2.67. The van der Waals surface area contributed by atoms with Gasteiger partial charge in [-0.15, -0.1) is 0 Å². The maximum atomic E-state index is 10.3. The van der Waals surface area contributed by atoms with Crippen molar-refractivity contribution in [3.05, 3.63) is 32.4 Å². The van der Waals surface area contributed by atoms with Crippen molar-refractivity contribution in [1.82, 2.24) is 0 Å². The molecule has 0 aromatic heterocycles. The molecular weight excluding hydrogens is 164 g/mol. The van der Waals surface area contributed by atoms with Gasteiger partial charge in [-0.1, -0.05) is 0 Å². The van der Waals surface area contributed by atoms with Crippen LogP contribution in [0, 0.1) is 20.2 Å². The normalized spacial score (nSPS) is 11.0. The Morgan fingerprint density at radius 3 is 2.17 bits per heavy atom. The largest absolute Gasteiger partial charge is 0.292 e. The van der Waals surface area contributed by atoms with Crippen molar-refractivity contribution < 1.29 is 9.85 Å². The minimum Gasteiger partial charge on any atom is -0.258 e. The topological polar surface area (TPSA) is 86.3 Å². The van der Waals surface area contributed by atoms with Crippen molar-refractivity contribution in [2.75, 3.05) is 0 Å². The number of rotatable bonds is 2. The molecule has 0 N–H and O–H groups in total. The summed E-state index contributed by atoms with van der Waals surface area (Å²) in [5.74, 6) is 0. The molecule has 0 radical (unpaired) electrons. The van der Waals surface area contributed by atoms with Gasteiger partial charge in [0.2, 0.25) is 0 Å². The van der Waals surface area contributed by atoms with Crippen LogP contribution in [0.5, 0.6) is 0 Å². The zero-order chi connectivity index (χ0) is 8.88. The second kappa shape index (κ2) is 1.79. The van der Waals surface area contributed by atoms with Gasteiger partial charge in [-0.25, -0.2) is 0 Å². The van der Waals surface area contributed by atoms with Crippen LogP contribution in [0.3, 0.4) is 0 Å². The summed E-state index contributed by atoms with van der Waals surface area (Å²) in [6.07, 6.45) is 0. The van der Waals surface area contributed by atoms with Gasteiger partial charge in [-0.3, -0.25) is 20.2 Å². The van der Waals surface area contributed by atoms with Crippen LogP contribution in [0.15, 0.2) is 12.1 Å². The van der Waals surface area contributed by atoms with Crippen LogP contribution < -0.4 is 0 Å². The van der Waals surface area contributed by atoms with E-state index < -0.39 is 9.85 Å². The standard InChI is InChI=1S/C6H2N2O4/c9-7(10)4-2-1-3-5(4)6(3)8(11)12/h1-2H. The Hall–Kier alpha value is -1.98. The lowest BCUT2D eigenvalue weighted by atomic mass is 10.5. The van der Waals surface area contributed by atoms with E-state index in [1.54, 1.807) is 0 Å². The molecule has 0 unspecified atom stereocenters. The van der Waals surface area contributed by atoms with E-state index in [1.807, 2.05) is 0 Å². The lowest BCUT2D eigenvalue weighted by Crippen LogP contribution is -1.84. The first-order valence-electron chi connectivity index (χ1n) is 3.09. The van der Waals surface area contributed by atoms with Gasteiger partial charge in [0.15, 0.2) is 0 Å². The monoisotopic (exact) mass is 166 g/mol. The molecule has 2 aliphatic rings. The Balaban J connectivity index is 2.51. The average Bonchev–Trinajstić information content (AvgIpc) is 2.52. The lowest BCUT2D eigenvalue weighted by molar-refractivity contribution is -0.388. The van der Waals surface area contributed by atoms with Crippen LogP contribution >= 0.6 is 0 Å². The molecule has 6 nitrogen and oxygen atoms in total. The third-order valence-electron chi connectivity index (χ3n) is 1.74. The molecule has 0 saturated heterocycles. The molecule has 0 heterocycles. The van der Waals surface area contributed by atoms with E-state index >= 15 is 0 Å². The van der Waals surface area contributed by atoms with Crippen LogP contribution in [0.2, 0.25) is 0 Å². The minimum atomic E-state index is -0.616. The summed E-state index contributed by atoms with van der Waals surface area (Å²) in [5.41, 5.74) is 0.303. The Morgan fingerprint density at radius 2 is 1.75 bits per heavy atom. The van der Waals surface area contributed by atoms with Gasteiger partial charge in [-0.2, -0.15) is 0 Å². The third kappa shape index (κ3) is 0.631. The van der Waals surface area contributed by atoms with Gasteiger partial charge in [0.1, 0.15) is 5.56 Å². The van der Waals surface area contributed by atoms with E-state index in [1.165, 1.54) is 12.1 Å². The van der Waals surface area contributed by atoms with Gasteiger partial charge >= 0.3 is 0 Å². The predicted molar refractivity (Wildman–Crippen MR) is 38.7 cm³/mol. The lowest BCUT2D eigenvalue weighted by Gasteiger charge is -1.81. The number of hydrogen-bond donors (Lipinski definition) is 0. The van der Waals surface area contributed by atoms with Crippen molar-refractivity contribution in [2.45, 2.75) is 0 Å². The molecule has 0 bridgehead atoms. The van der Waals surface area contributed by atoms with E-state index in [-0.39, 0.29) is 16.9 Å². The van der Waals surface area contributed by atoms with Crippen molar-refractivity contribution in [2.24, 2.45) is 0 Å². The van der Waals surface area contributed by atoms with Crippen molar-refractivity contribution in [3.8, 4) is 11.1 Å². The summed E-state index contributed by atoms with van der Waals surface area (Å²) >= 11 is 0. The highest BCUT2D eigenvalue weighted by Gasteiger charge is 2.44. The number of nitro benzene ring substituents is 2. The molecule has 60 valence electrons. The molecule has 0 spiro atoms. The molecule has 0 atom stereocenters. The second-order valence-corrected chi connectivity index (χ2v) is 2.37. The summed E-state index contributed by atoms with van der Waals surface area (Å²) in [5, 5.41) is 20.5. The summed E-state index contributed by atoms with van der Waals surface area (Å²) in [7, 11) is 0. The first kappa shape index (κ1) is 6.71. The van der Waals surface area contributed by atoms with Gasteiger partial charge in [-0.05, 0) is 6.07 Å². The molecule has 2 aliphatic carbocycles. The molecule has 0 aromatic rings. The maximum Gasteiger partial charge on any atom is 0.292 e. The molecule has 12 heavy (non-hydrogen) atoms. The number of nitro groups is 2. The van der Waals surface area contributed by atoms with E-state index in [4.69, 9.17) is 0 Å². The molecular formula is C6H2N2O4. The first-order valence-corrected chi connectivity index (χ1v) is 3.09. The SMILES string of the molecule is O=[N+]([O-])c1ccc2c([N+](=O)[O-])c1-2. The van der Waals surface area contributed by atoms with Gasteiger partial charge in [0.05, 0.1) is 15.4 Å². The van der Waals surface area contributed by atoms with Gasteiger partial charge < -0.3 is 0 Å². The number of fused-ring (bicyclic) bond motifs is 1. The van der Waals surface area contributed by atoms with E-state index in [0.29, 0.717) is 5.56 Å². The molecule has 0 fully saturated rings. The molecule has 0 saturated carbocycles. The fraction of sp³-hybridized carbons (Fsp3) is 0. The highest BCUT2D eigenvalue weighted by Crippen LogP contribution is 2.56. The van der Waals surface area contributed by atoms with Crippen molar-refractivity contribution in [3.63, 3.8) is 0 Å². The molecule has 0 amide bonds. The third-order valence-corrected chi connectivity index (χ3v) is 1.74. The second-order valence-electron chi connectivity index (χ2n) is 2.37. The van der Waals surface area contributed by atoms with Crippen molar-refractivity contribution >= 4 is 11.4 Å². The van der Waals surface area contributed by atoms with Crippen molar-refractivity contribution in [1.29, 1.82) is 0 Å². The van der Waals surface area contributed by atoms with Crippen LogP contribution in [0.4, 0.5) is 11.4 Å². The minimum absolute atomic E-state index is 0.107. The quantitative estimate of drug-likeness (QED) is 0.499. The molecule has 6 heteroatoms. The fourth-order valence-electron chi connectivity index (χ4n) is 1.20. The van der Waals surface area contributed by atoms with Gasteiger partial charge in [0, 0.05) is 6.07 Å². The van der Waals surface area contributed by atoms with Crippen LogP contribution in [0.1, 0.15) is 0 Å². The van der Waals surface area contributed by atoms with E-state index in [2.05, 4.69) is 0 Å². The highest BCUT2D eigenvalue weighted by atomic mass is 16.6. The van der Waals surface area contributed by atoms with Gasteiger partial charge in [0.25, 0.3) is 11.4 Å². The zero-order valence-corrected chi connectivity index (χ0v) is 5.68. The summed E-state index contributed by atoms with van der Waals surface area (Å²) in [4.78, 5) is 19.2. The van der Waals surface area contributed by atoms with E-state index in [9.17, 15) is 20.2 Å². The van der Waals surface area contributed by atoms with Crippen LogP contribution in [-0.2, 0) is 0 Å². The van der Waals surface area contributed by atoms with Crippen LogP contribution in [0.25, 0.3) is 11.1 Å². The Morgan fingerprint density at radius 1 is 1.08 bits per heavy atom. The maximum absolute atomic E-state index is 10.3. The average molecular weight is 166 g/mol. The summed E-state index contributed by atoms with van der Waals surface area (Å²) in [6.45, 7) is 0. The summed E-state index contributed by atoms with van der Waals surface area (Å²) < 4.78 is 0. The Kier molecular flexibility index (Phi) is 0.999. The predicted octanol–water partition coefficient (Wildman–Crippen LogP) is 1.48. The molecule has 2 rings (SSSR count). The smallest absolute Gasteiger partial charge is 0.258 e. The number of hydrogen-bond acceptors (Lipinski definition) is 4.